The molecule has 12 heteroatoms. The van der Waals surface area contributed by atoms with Crippen molar-refractivity contribution in [2.24, 2.45) is 0 Å². The predicted octanol–water partition coefficient (Wildman–Crippen LogP) is 15.1. The zero-order chi connectivity index (χ0) is 49.9. The number of unbranched alkanes of at least 4 members (excludes halogenated alkanes) is 17. The Morgan fingerprint density at radius 3 is 1.21 bits per heavy atom. The molecule has 0 aromatic carbocycles. The van der Waals surface area contributed by atoms with Crippen molar-refractivity contribution in [2.75, 3.05) is 26.4 Å². The molecule has 3 atom stereocenters. The summed E-state index contributed by atoms with van der Waals surface area (Å²) in [6, 6.07) is 0. The van der Waals surface area contributed by atoms with E-state index in [-0.39, 0.29) is 25.9 Å². The van der Waals surface area contributed by atoms with Crippen molar-refractivity contribution in [1.29, 1.82) is 0 Å². The molecular formula is C56H95O11P. The van der Waals surface area contributed by atoms with Gasteiger partial charge in [-0.25, -0.2) is 4.57 Å². The molecular weight excluding hydrogens is 880 g/mol. The Balaban J connectivity index is 4.79. The van der Waals surface area contributed by atoms with Crippen LogP contribution in [0.4, 0.5) is 0 Å². The van der Waals surface area contributed by atoms with Crippen molar-refractivity contribution in [3.8, 4) is 0 Å². The standard InChI is InChI=1S/C56H95O11P/c1-4-7-10-13-16-19-22-24-26-28-31-34-37-40-43-46-55(59)66-52(48-57)50-64-68(61,62)65-51-53(49-63-54(58)45-42-39-36-33-30-21-18-15-12-9-6-3)67-56(60)47-44-41-38-35-32-29-27-25-23-20-17-14-11-8-5-2/h7-8,10-11,16-17,19-20,24-27,32,35,52-53,57H,4-6,9,12-15,18,21-23,28-31,33-34,36-51H2,1-3H3,(H,61,62)/b10-7-,11-8-,19-16-,20-17-,26-24-,27-25-,35-32-. The molecule has 0 fully saturated rings. The Hall–Kier alpha value is -3.34. The van der Waals surface area contributed by atoms with Gasteiger partial charge >= 0.3 is 25.7 Å². The van der Waals surface area contributed by atoms with Crippen molar-refractivity contribution >= 4 is 25.7 Å². The number of hydrogen-bond donors (Lipinski definition) is 2. The molecule has 3 unspecified atom stereocenters. The maximum atomic E-state index is 12.8. The Morgan fingerprint density at radius 1 is 0.426 bits per heavy atom. The average Bonchev–Trinajstić information content (AvgIpc) is 3.32. The first-order chi connectivity index (χ1) is 33.2. The molecule has 2 N–H and O–H groups in total. The van der Waals surface area contributed by atoms with E-state index in [0.717, 1.165) is 109 Å². The van der Waals surface area contributed by atoms with Gasteiger partial charge in [-0.2, -0.15) is 0 Å². The molecule has 68 heavy (non-hydrogen) atoms. The molecule has 0 aliphatic rings. The molecule has 0 aliphatic heterocycles. The third-order valence-electron chi connectivity index (χ3n) is 10.8. The SMILES string of the molecule is CC/C=C\C/C=C\C/C=C\C/C=C\CCCCC(=O)OC(COC(=O)CCCCCCCCCCCCC)COP(=O)(O)OCC(CO)OC(=O)CCCCCCC/C=C\C/C=C\C/C=C\CC. The number of hydrogen-bond acceptors (Lipinski definition) is 10. The predicted molar refractivity (Wildman–Crippen MR) is 279 cm³/mol. The van der Waals surface area contributed by atoms with Crippen LogP contribution in [0.5, 0.6) is 0 Å². The van der Waals surface area contributed by atoms with Crippen LogP contribution in [-0.4, -0.2) is 66.5 Å². The summed E-state index contributed by atoms with van der Waals surface area (Å²) in [7, 11) is -4.76. The van der Waals surface area contributed by atoms with E-state index in [4.69, 9.17) is 23.3 Å². The lowest BCUT2D eigenvalue weighted by Gasteiger charge is -2.21. The second-order valence-corrected chi connectivity index (χ2v) is 18.7. The molecule has 0 aliphatic carbocycles. The van der Waals surface area contributed by atoms with Gasteiger partial charge in [0.15, 0.2) is 6.10 Å². The minimum atomic E-state index is -4.76. The summed E-state index contributed by atoms with van der Waals surface area (Å²) in [4.78, 5) is 48.3. The van der Waals surface area contributed by atoms with Crippen molar-refractivity contribution < 1.29 is 52.2 Å². The molecule has 0 heterocycles. The van der Waals surface area contributed by atoms with Crippen LogP contribution in [-0.2, 0) is 42.2 Å². The second kappa shape index (κ2) is 50.1. The van der Waals surface area contributed by atoms with Gasteiger partial charge in [0.2, 0.25) is 0 Å². The van der Waals surface area contributed by atoms with Gasteiger partial charge in [-0.05, 0) is 89.9 Å². The fourth-order valence-electron chi connectivity index (χ4n) is 6.83. The maximum absolute atomic E-state index is 12.8. The van der Waals surface area contributed by atoms with E-state index in [9.17, 15) is 28.9 Å². The zero-order valence-corrected chi connectivity index (χ0v) is 43.7. The van der Waals surface area contributed by atoms with Crippen LogP contribution in [0.25, 0.3) is 0 Å². The summed E-state index contributed by atoms with van der Waals surface area (Å²) in [6.07, 6.45) is 55.5. The molecule has 0 spiro atoms. The number of rotatable bonds is 48. The first-order valence-corrected chi connectivity index (χ1v) is 28.0. The lowest BCUT2D eigenvalue weighted by atomic mass is 10.1. The molecule has 0 bridgehead atoms. The molecule has 0 amide bonds. The fourth-order valence-corrected chi connectivity index (χ4v) is 7.61. The molecule has 0 aromatic rings. The number of carbonyl (C=O) groups excluding carboxylic acids is 3. The smallest absolute Gasteiger partial charge is 0.462 e. The van der Waals surface area contributed by atoms with Crippen LogP contribution in [0.2, 0.25) is 0 Å². The van der Waals surface area contributed by atoms with Gasteiger partial charge in [-0.3, -0.25) is 23.4 Å². The third kappa shape index (κ3) is 47.7. The van der Waals surface area contributed by atoms with Crippen molar-refractivity contribution in [3.05, 3.63) is 85.1 Å². The normalized spacial score (nSPS) is 14.1. The maximum Gasteiger partial charge on any atom is 0.472 e. The lowest BCUT2D eigenvalue weighted by molar-refractivity contribution is -0.161. The highest BCUT2D eigenvalue weighted by molar-refractivity contribution is 7.47. The van der Waals surface area contributed by atoms with Crippen LogP contribution in [0, 0.1) is 0 Å². The quantitative estimate of drug-likeness (QED) is 0.0197. The average molecular weight is 975 g/mol. The van der Waals surface area contributed by atoms with Crippen LogP contribution < -0.4 is 0 Å². The van der Waals surface area contributed by atoms with Gasteiger partial charge in [0, 0.05) is 19.3 Å². The van der Waals surface area contributed by atoms with E-state index in [0.29, 0.717) is 19.3 Å². The molecule has 0 saturated heterocycles. The molecule has 0 radical (unpaired) electrons. The minimum absolute atomic E-state index is 0.112. The number of allylic oxidation sites excluding steroid dienone is 14. The lowest BCUT2D eigenvalue weighted by Crippen LogP contribution is -2.30. The van der Waals surface area contributed by atoms with E-state index in [1.165, 1.54) is 44.9 Å². The number of phosphoric ester groups is 1. The van der Waals surface area contributed by atoms with Gasteiger partial charge in [-0.15, -0.1) is 0 Å². The molecule has 0 rings (SSSR count). The first kappa shape index (κ1) is 64.7. The highest BCUT2D eigenvalue weighted by atomic mass is 31.2. The van der Waals surface area contributed by atoms with Gasteiger partial charge in [0.25, 0.3) is 0 Å². The molecule has 0 aromatic heterocycles. The fraction of sp³-hybridized carbons (Fsp3) is 0.696. The van der Waals surface area contributed by atoms with Crippen LogP contribution in [0.3, 0.4) is 0 Å². The number of carbonyl (C=O) groups is 3. The monoisotopic (exact) mass is 975 g/mol. The highest BCUT2D eigenvalue weighted by Crippen LogP contribution is 2.43. The Labute approximate surface area is 413 Å². The summed E-state index contributed by atoms with van der Waals surface area (Å²) in [6.45, 7) is 4.33. The summed E-state index contributed by atoms with van der Waals surface area (Å²) in [5.74, 6) is -1.54. The minimum Gasteiger partial charge on any atom is -0.462 e. The summed E-state index contributed by atoms with van der Waals surface area (Å²) in [5.41, 5.74) is 0. The van der Waals surface area contributed by atoms with Crippen LogP contribution >= 0.6 is 7.82 Å². The number of aliphatic hydroxyl groups is 1. The van der Waals surface area contributed by atoms with E-state index >= 15 is 0 Å². The number of ether oxygens (including phenoxy) is 3. The van der Waals surface area contributed by atoms with E-state index in [1.54, 1.807) is 0 Å². The Kier molecular flexibility index (Phi) is 47.6. The molecule has 390 valence electrons. The largest absolute Gasteiger partial charge is 0.472 e. The highest BCUT2D eigenvalue weighted by Gasteiger charge is 2.28. The van der Waals surface area contributed by atoms with Crippen LogP contribution in [0.1, 0.15) is 213 Å². The topological polar surface area (TPSA) is 155 Å². The Morgan fingerprint density at radius 2 is 0.765 bits per heavy atom. The van der Waals surface area contributed by atoms with Gasteiger partial charge in [0.05, 0.1) is 19.8 Å². The van der Waals surface area contributed by atoms with Gasteiger partial charge in [0.1, 0.15) is 12.7 Å². The number of aliphatic hydroxyl groups excluding tert-OH is 1. The first-order valence-electron chi connectivity index (χ1n) is 26.5. The van der Waals surface area contributed by atoms with E-state index < -0.39 is 57.8 Å². The van der Waals surface area contributed by atoms with Crippen molar-refractivity contribution in [2.45, 2.75) is 226 Å². The van der Waals surface area contributed by atoms with E-state index in [1.807, 2.05) is 0 Å². The van der Waals surface area contributed by atoms with Crippen molar-refractivity contribution in [3.63, 3.8) is 0 Å². The van der Waals surface area contributed by atoms with Crippen LogP contribution in [0.15, 0.2) is 85.1 Å². The summed E-state index contributed by atoms with van der Waals surface area (Å²) < 4.78 is 39.3. The Bertz CT molecular complexity index is 1460. The third-order valence-corrected chi connectivity index (χ3v) is 11.8. The molecule has 11 nitrogen and oxygen atoms in total. The second-order valence-electron chi connectivity index (χ2n) is 17.3. The van der Waals surface area contributed by atoms with Crippen molar-refractivity contribution in [1.82, 2.24) is 0 Å². The van der Waals surface area contributed by atoms with Gasteiger partial charge in [-0.1, -0.05) is 189 Å². The number of phosphoric acid groups is 1. The summed E-state index contributed by atoms with van der Waals surface area (Å²) >= 11 is 0. The van der Waals surface area contributed by atoms with Gasteiger partial charge < -0.3 is 24.2 Å². The number of esters is 3. The summed E-state index contributed by atoms with van der Waals surface area (Å²) in [5, 5.41) is 9.78. The van der Waals surface area contributed by atoms with E-state index in [2.05, 4.69) is 106 Å². The zero-order valence-electron chi connectivity index (χ0n) is 42.8. The molecule has 0 saturated carbocycles.